The van der Waals surface area contributed by atoms with E-state index in [1.54, 1.807) is 0 Å². The molecule has 21 heavy (non-hydrogen) atoms. The molecule has 1 amide bonds. The van der Waals surface area contributed by atoms with Crippen molar-refractivity contribution in [1.29, 1.82) is 0 Å². The summed E-state index contributed by atoms with van der Waals surface area (Å²) in [5.41, 5.74) is 4.16. The fourth-order valence-electron chi connectivity index (χ4n) is 3.39. The second kappa shape index (κ2) is 5.55. The molecule has 2 aromatic rings. The molecule has 1 aromatic heterocycles. The Bertz CT molecular complexity index is 663. The van der Waals surface area contributed by atoms with Gasteiger partial charge < -0.3 is 10.3 Å². The van der Waals surface area contributed by atoms with Crippen molar-refractivity contribution in [3.8, 4) is 0 Å². The first-order chi connectivity index (χ1) is 10.0. The number of rotatable bonds is 2. The first kappa shape index (κ1) is 14.2. The van der Waals surface area contributed by atoms with E-state index < -0.39 is 0 Å². The Morgan fingerprint density at radius 3 is 2.57 bits per heavy atom. The SMILES string of the molecule is Cc1cc(C)c2cc(C(=O)N[C@H]3CC[C@@H](C)CC3)[nH]c2c1. The first-order valence-electron chi connectivity index (χ1n) is 7.94. The summed E-state index contributed by atoms with van der Waals surface area (Å²) < 4.78 is 0. The van der Waals surface area contributed by atoms with Crippen LogP contribution in [0.2, 0.25) is 0 Å². The quantitative estimate of drug-likeness (QED) is 0.857. The van der Waals surface area contributed by atoms with Crippen LogP contribution in [0.3, 0.4) is 0 Å². The third-order valence-electron chi connectivity index (χ3n) is 4.68. The van der Waals surface area contributed by atoms with Crippen molar-refractivity contribution in [2.75, 3.05) is 0 Å². The molecule has 0 spiro atoms. The Kier molecular flexibility index (Phi) is 3.75. The highest BCUT2D eigenvalue weighted by Crippen LogP contribution is 2.25. The number of aryl methyl sites for hydroxylation is 2. The van der Waals surface area contributed by atoms with Crippen LogP contribution >= 0.6 is 0 Å². The molecule has 1 aliphatic rings. The molecule has 0 bridgehead atoms. The fourth-order valence-corrected chi connectivity index (χ4v) is 3.39. The van der Waals surface area contributed by atoms with E-state index in [4.69, 9.17) is 0 Å². The monoisotopic (exact) mass is 284 g/mol. The van der Waals surface area contributed by atoms with Crippen LogP contribution in [-0.2, 0) is 0 Å². The standard InChI is InChI=1S/C18H24N2O/c1-11-4-6-14(7-5-11)19-18(21)17-10-15-13(3)8-12(2)9-16(15)20-17/h8-11,14,20H,4-7H2,1-3H3,(H,19,21)/t11-,14+. The van der Waals surface area contributed by atoms with Crippen LogP contribution in [0.25, 0.3) is 10.9 Å². The zero-order chi connectivity index (χ0) is 15.0. The van der Waals surface area contributed by atoms with E-state index >= 15 is 0 Å². The van der Waals surface area contributed by atoms with Gasteiger partial charge in [-0.05, 0) is 68.7 Å². The summed E-state index contributed by atoms with van der Waals surface area (Å²) in [7, 11) is 0. The third-order valence-corrected chi connectivity index (χ3v) is 4.68. The summed E-state index contributed by atoms with van der Waals surface area (Å²) in [6.07, 6.45) is 4.64. The number of benzene rings is 1. The van der Waals surface area contributed by atoms with Crippen LogP contribution in [0.15, 0.2) is 18.2 Å². The number of carbonyl (C=O) groups is 1. The van der Waals surface area contributed by atoms with Crippen LogP contribution in [0.1, 0.15) is 54.2 Å². The highest BCUT2D eigenvalue weighted by atomic mass is 16.1. The number of fused-ring (bicyclic) bond motifs is 1. The highest BCUT2D eigenvalue weighted by molar-refractivity contribution is 5.99. The van der Waals surface area contributed by atoms with Crippen molar-refractivity contribution in [3.05, 3.63) is 35.0 Å². The lowest BCUT2D eigenvalue weighted by molar-refractivity contribution is 0.0919. The van der Waals surface area contributed by atoms with Crippen LogP contribution < -0.4 is 5.32 Å². The van der Waals surface area contributed by atoms with Crippen molar-refractivity contribution < 1.29 is 4.79 Å². The molecule has 1 heterocycles. The number of hydrogen-bond donors (Lipinski definition) is 2. The minimum atomic E-state index is 0.0304. The average Bonchev–Trinajstić information content (AvgIpc) is 2.85. The largest absolute Gasteiger partial charge is 0.351 e. The Labute approximate surface area is 126 Å². The molecule has 3 heteroatoms. The van der Waals surface area contributed by atoms with E-state index in [1.807, 2.05) is 6.07 Å². The minimum absolute atomic E-state index is 0.0304. The Balaban J connectivity index is 1.77. The number of H-pyrrole nitrogens is 1. The summed E-state index contributed by atoms with van der Waals surface area (Å²) in [5, 5.41) is 4.32. The normalized spacial score (nSPS) is 22.4. The summed E-state index contributed by atoms with van der Waals surface area (Å²) >= 11 is 0. The molecule has 2 N–H and O–H groups in total. The van der Waals surface area contributed by atoms with Gasteiger partial charge in [0.2, 0.25) is 0 Å². The van der Waals surface area contributed by atoms with Gasteiger partial charge in [-0.25, -0.2) is 0 Å². The first-order valence-corrected chi connectivity index (χ1v) is 7.94. The minimum Gasteiger partial charge on any atom is -0.351 e. The van der Waals surface area contributed by atoms with Gasteiger partial charge in [0.1, 0.15) is 5.69 Å². The zero-order valence-electron chi connectivity index (χ0n) is 13.1. The summed E-state index contributed by atoms with van der Waals surface area (Å²) in [6, 6.07) is 6.56. The molecule has 0 aliphatic heterocycles. The maximum absolute atomic E-state index is 12.4. The van der Waals surface area contributed by atoms with Crippen molar-refractivity contribution in [3.63, 3.8) is 0 Å². The fraction of sp³-hybridized carbons (Fsp3) is 0.500. The van der Waals surface area contributed by atoms with E-state index in [-0.39, 0.29) is 5.91 Å². The van der Waals surface area contributed by atoms with Gasteiger partial charge in [0, 0.05) is 16.9 Å². The molecular weight excluding hydrogens is 260 g/mol. The maximum Gasteiger partial charge on any atom is 0.267 e. The molecule has 1 saturated carbocycles. The maximum atomic E-state index is 12.4. The molecule has 1 fully saturated rings. The molecule has 0 unspecified atom stereocenters. The number of aromatic amines is 1. The average molecular weight is 284 g/mol. The van der Waals surface area contributed by atoms with Gasteiger partial charge in [-0.1, -0.05) is 13.0 Å². The lowest BCUT2D eigenvalue weighted by atomic mass is 9.87. The lowest BCUT2D eigenvalue weighted by Crippen LogP contribution is -2.37. The van der Waals surface area contributed by atoms with Gasteiger partial charge in [-0.2, -0.15) is 0 Å². The number of amides is 1. The predicted octanol–water partition coefficient (Wildman–Crippen LogP) is 4.09. The lowest BCUT2D eigenvalue weighted by Gasteiger charge is -2.26. The van der Waals surface area contributed by atoms with Crippen LogP contribution in [0, 0.1) is 19.8 Å². The Hall–Kier alpha value is -1.77. The van der Waals surface area contributed by atoms with E-state index in [1.165, 1.54) is 24.0 Å². The van der Waals surface area contributed by atoms with Crippen molar-refractivity contribution in [2.24, 2.45) is 5.92 Å². The molecule has 3 rings (SSSR count). The molecule has 1 aromatic carbocycles. The van der Waals surface area contributed by atoms with E-state index in [0.717, 1.165) is 29.7 Å². The molecule has 1 aliphatic carbocycles. The van der Waals surface area contributed by atoms with Crippen LogP contribution in [0.5, 0.6) is 0 Å². The molecule has 3 nitrogen and oxygen atoms in total. The van der Waals surface area contributed by atoms with E-state index in [9.17, 15) is 4.79 Å². The van der Waals surface area contributed by atoms with Gasteiger partial charge in [-0.3, -0.25) is 4.79 Å². The van der Waals surface area contributed by atoms with Gasteiger partial charge in [0.15, 0.2) is 0 Å². The van der Waals surface area contributed by atoms with Gasteiger partial charge in [0.05, 0.1) is 0 Å². The molecule has 0 radical (unpaired) electrons. The Morgan fingerprint density at radius 1 is 1.14 bits per heavy atom. The van der Waals surface area contributed by atoms with Gasteiger partial charge in [0.25, 0.3) is 5.91 Å². The number of hydrogen-bond acceptors (Lipinski definition) is 1. The number of nitrogens with one attached hydrogen (secondary N) is 2. The van der Waals surface area contributed by atoms with Crippen LogP contribution in [-0.4, -0.2) is 16.9 Å². The van der Waals surface area contributed by atoms with Crippen molar-refractivity contribution in [1.82, 2.24) is 10.3 Å². The summed E-state index contributed by atoms with van der Waals surface area (Å²) in [5.74, 6) is 0.833. The number of carbonyl (C=O) groups excluding carboxylic acids is 1. The smallest absolute Gasteiger partial charge is 0.267 e. The Morgan fingerprint density at radius 2 is 1.86 bits per heavy atom. The van der Waals surface area contributed by atoms with Gasteiger partial charge >= 0.3 is 0 Å². The molecule has 0 atom stereocenters. The van der Waals surface area contributed by atoms with Crippen molar-refractivity contribution >= 4 is 16.8 Å². The van der Waals surface area contributed by atoms with Crippen molar-refractivity contribution in [2.45, 2.75) is 52.5 Å². The topological polar surface area (TPSA) is 44.9 Å². The summed E-state index contributed by atoms with van der Waals surface area (Å²) in [6.45, 7) is 6.46. The summed E-state index contributed by atoms with van der Waals surface area (Å²) in [4.78, 5) is 15.7. The third kappa shape index (κ3) is 2.97. The highest BCUT2D eigenvalue weighted by Gasteiger charge is 2.21. The zero-order valence-corrected chi connectivity index (χ0v) is 13.1. The second-order valence-corrected chi connectivity index (χ2v) is 6.66. The molecule has 0 saturated heterocycles. The van der Waals surface area contributed by atoms with Gasteiger partial charge in [-0.15, -0.1) is 0 Å². The predicted molar refractivity (Wildman–Crippen MR) is 86.7 cm³/mol. The number of aromatic nitrogens is 1. The molecule has 112 valence electrons. The van der Waals surface area contributed by atoms with E-state index in [0.29, 0.717) is 11.7 Å². The molecular formula is C18H24N2O. The van der Waals surface area contributed by atoms with E-state index in [2.05, 4.69) is 43.2 Å². The second-order valence-electron chi connectivity index (χ2n) is 6.66. The van der Waals surface area contributed by atoms with Crippen LogP contribution in [0.4, 0.5) is 0 Å².